The molecule has 0 aliphatic carbocycles. The van der Waals surface area contributed by atoms with Crippen LogP contribution in [0, 0.1) is 0 Å². The first-order chi connectivity index (χ1) is 7.02. The van der Waals surface area contributed by atoms with Gasteiger partial charge in [-0.25, -0.2) is 8.42 Å². The summed E-state index contributed by atoms with van der Waals surface area (Å²) in [5.74, 6) is 0.197. The molecule has 98 valence electrons. The van der Waals surface area contributed by atoms with Crippen LogP contribution < -0.4 is 5.32 Å². The van der Waals surface area contributed by atoms with Gasteiger partial charge in [0.15, 0.2) is 9.84 Å². The zero-order chi connectivity index (χ0) is 13.0. The van der Waals surface area contributed by atoms with Gasteiger partial charge in [-0.2, -0.15) is 0 Å². The third-order valence-electron chi connectivity index (χ3n) is 2.63. The lowest BCUT2D eigenvalue weighted by atomic mass is 10.0. The highest BCUT2D eigenvalue weighted by molar-refractivity contribution is 9.09. The van der Waals surface area contributed by atoms with Crippen LogP contribution in [0.15, 0.2) is 0 Å². The van der Waals surface area contributed by atoms with Crippen LogP contribution in [0.2, 0.25) is 0 Å². The Labute approximate surface area is 108 Å². The molecule has 5 heteroatoms. The predicted octanol–water partition coefficient (Wildman–Crippen LogP) is 2.35. The van der Waals surface area contributed by atoms with Crippen molar-refractivity contribution in [2.24, 2.45) is 0 Å². The number of nitrogens with one attached hydrogen (secondary N) is 1. The molecule has 0 radical (unpaired) electrons. The van der Waals surface area contributed by atoms with Gasteiger partial charge in [-0.3, -0.25) is 0 Å². The monoisotopic (exact) mass is 313 g/mol. The number of alkyl halides is 1. The van der Waals surface area contributed by atoms with E-state index in [0.29, 0.717) is 6.54 Å². The SMILES string of the molecule is CC(C)(CCBr)NCCS(=O)(=O)C(C)(C)C. The molecule has 1 N–H and O–H groups in total. The van der Waals surface area contributed by atoms with Gasteiger partial charge in [-0.1, -0.05) is 15.9 Å². The highest BCUT2D eigenvalue weighted by Gasteiger charge is 2.28. The number of hydrogen-bond donors (Lipinski definition) is 1. The first-order valence-electron chi connectivity index (χ1n) is 5.55. The first-order valence-corrected chi connectivity index (χ1v) is 8.32. The van der Waals surface area contributed by atoms with Crippen molar-refractivity contribution in [3.05, 3.63) is 0 Å². The maximum atomic E-state index is 11.8. The van der Waals surface area contributed by atoms with E-state index in [0.717, 1.165) is 11.8 Å². The molecule has 0 bridgehead atoms. The molecule has 0 spiro atoms. The number of rotatable bonds is 6. The van der Waals surface area contributed by atoms with E-state index in [1.54, 1.807) is 20.8 Å². The molecule has 0 heterocycles. The van der Waals surface area contributed by atoms with Crippen molar-refractivity contribution >= 4 is 25.8 Å². The van der Waals surface area contributed by atoms with Crippen LogP contribution in [0.5, 0.6) is 0 Å². The highest BCUT2D eigenvalue weighted by Crippen LogP contribution is 2.16. The van der Waals surface area contributed by atoms with Crippen molar-refractivity contribution in [3.63, 3.8) is 0 Å². The maximum absolute atomic E-state index is 11.8. The van der Waals surface area contributed by atoms with E-state index in [1.165, 1.54) is 0 Å². The summed E-state index contributed by atoms with van der Waals surface area (Å²) in [6.45, 7) is 9.90. The van der Waals surface area contributed by atoms with Gasteiger partial charge in [0, 0.05) is 17.4 Å². The lowest BCUT2D eigenvalue weighted by Crippen LogP contribution is -2.43. The normalized spacial score (nSPS) is 14.1. The molecule has 3 nitrogen and oxygen atoms in total. The molecule has 0 fully saturated rings. The summed E-state index contributed by atoms with van der Waals surface area (Å²) >= 11 is 3.39. The second kappa shape index (κ2) is 5.83. The summed E-state index contributed by atoms with van der Waals surface area (Å²) in [6.07, 6.45) is 0.975. The van der Waals surface area contributed by atoms with Crippen molar-refractivity contribution in [2.75, 3.05) is 17.6 Å². The van der Waals surface area contributed by atoms with Gasteiger partial charge in [0.25, 0.3) is 0 Å². The smallest absolute Gasteiger partial charge is 0.156 e. The summed E-state index contributed by atoms with van der Waals surface area (Å²) in [5, 5.41) is 4.19. The molecule has 0 saturated heterocycles. The fraction of sp³-hybridized carbons (Fsp3) is 1.00. The second-order valence-corrected chi connectivity index (χ2v) is 9.34. The number of hydrogen-bond acceptors (Lipinski definition) is 3. The second-order valence-electron chi connectivity index (χ2n) is 5.68. The lowest BCUT2D eigenvalue weighted by Gasteiger charge is -2.26. The quantitative estimate of drug-likeness (QED) is 0.766. The van der Waals surface area contributed by atoms with Crippen molar-refractivity contribution < 1.29 is 8.42 Å². The summed E-state index contributed by atoms with van der Waals surface area (Å²) < 4.78 is 23.0. The van der Waals surface area contributed by atoms with E-state index < -0.39 is 14.6 Å². The van der Waals surface area contributed by atoms with Gasteiger partial charge in [-0.15, -0.1) is 0 Å². The van der Waals surface area contributed by atoms with Crippen LogP contribution >= 0.6 is 15.9 Å². The summed E-state index contributed by atoms with van der Waals surface area (Å²) in [6, 6.07) is 0. The minimum absolute atomic E-state index is 0.0170. The van der Waals surface area contributed by atoms with Gasteiger partial charge >= 0.3 is 0 Å². The maximum Gasteiger partial charge on any atom is 0.156 e. The lowest BCUT2D eigenvalue weighted by molar-refractivity contribution is 0.390. The summed E-state index contributed by atoms with van der Waals surface area (Å²) in [5.41, 5.74) is -0.0170. The Morgan fingerprint density at radius 2 is 1.62 bits per heavy atom. The molecule has 0 amide bonds. The van der Waals surface area contributed by atoms with E-state index >= 15 is 0 Å². The minimum Gasteiger partial charge on any atom is -0.311 e. The van der Waals surface area contributed by atoms with Crippen molar-refractivity contribution in [3.8, 4) is 0 Å². The van der Waals surface area contributed by atoms with Crippen LogP contribution in [-0.4, -0.2) is 36.3 Å². The molecule has 0 aliphatic rings. The first kappa shape index (κ1) is 16.4. The summed E-state index contributed by atoms with van der Waals surface area (Å²) in [4.78, 5) is 0. The Hall–Kier alpha value is 0.390. The molecular weight excluding hydrogens is 290 g/mol. The highest BCUT2D eigenvalue weighted by atomic mass is 79.9. The zero-order valence-electron chi connectivity index (χ0n) is 10.9. The van der Waals surface area contributed by atoms with Crippen LogP contribution in [0.3, 0.4) is 0 Å². The molecule has 0 rings (SSSR count). The average molecular weight is 314 g/mol. The molecule has 0 aromatic carbocycles. The number of halogens is 1. The molecule has 0 unspecified atom stereocenters. The van der Waals surface area contributed by atoms with Gasteiger partial charge < -0.3 is 5.32 Å². The van der Waals surface area contributed by atoms with Crippen molar-refractivity contribution in [2.45, 2.75) is 51.3 Å². The Bertz CT molecular complexity index is 304. The van der Waals surface area contributed by atoms with Gasteiger partial charge in [-0.05, 0) is 41.0 Å². The van der Waals surface area contributed by atoms with Gasteiger partial charge in [0.05, 0.1) is 10.5 Å². The van der Waals surface area contributed by atoms with E-state index in [9.17, 15) is 8.42 Å². The predicted molar refractivity (Wildman–Crippen MR) is 74.0 cm³/mol. The molecular formula is C11H24BrNO2S. The van der Waals surface area contributed by atoms with Crippen LogP contribution in [0.25, 0.3) is 0 Å². The molecule has 16 heavy (non-hydrogen) atoms. The Kier molecular flexibility index (Phi) is 5.97. The Morgan fingerprint density at radius 3 is 2.00 bits per heavy atom. The molecule has 0 atom stereocenters. The molecule has 0 aromatic rings. The van der Waals surface area contributed by atoms with Crippen LogP contribution in [0.1, 0.15) is 41.0 Å². The largest absolute Gasteiger partial charge is 0.311 e. The Balaban J connectivity index is 4.19. The average Bonchev–Trinajstić information content (AvgIpc) is 2.00. The van der Waals surface area contributed by atoms with Gasteiger partial charge in [0.2, 0.25) is 0 Å². The van der Waals surface area contributed by atoms with E-state index in [4.69, 9.17) is 0 Å². The topological polar surface area (TPSA) is 46.2 Å². The van der Waals surface area contributed by atoms with Crippen molar-refractivity contribution in [1.29, 1.82) is 0 Å². The molecule has 0 aromatic heterocycles. The Morgan fingerprint density at radius 1 is 1.12 bits per heavy atom. The molecule has 0 saturated carbocycles. The summed E-state index contributed by atoms with van der Waals surface area (Å²) in [7, 11) is -3.01. The third kappa shape index (κ3) is 5.64. The van der Waals surface area contributed by atoms with Crippen LogP contribution in [-0.2, 0) is 9.84 Å². The van der Waals surface area contributed by atoms with Gasteiger partial charge in [0.1, 0.15) is 0 Å². The van der Waals surface area contributed by atoms with E-state index in [1.807, 2.05) is 0 Å². The fourth-order valence-corrected chi connectivity index (χ4v) is 3.13. The van der Waals surface area contributed by atoms with E-state index in [2.05, 4.69) is 35.1 Å². The molecule has 0 aliphatic heterocycles. The van der Waals surface area contributed by atoms with Crippen LogP contribution in [0.4, 0.5) is 0 Å². The standard InChI is InChI=1S/C11H24BrNO2S/c1-10(2,3)16(14,15)9-8-13-11(4,5)6-7-12/h13H,6-9H2,1-5H3. The third-order valence-corrected chi connectivity index (χ3v) is 5.63. The van der Waals surface area contributed by atoms with E-state index in [-0.39, 0.29) is 11.3 Å². The minimum atomic E-state index is -3.01. The number of sulfone groups is 1. The van der Waals surface area contributed by atoms with Crippen molar-refractivity contribution in [1.82, 2.24) is 5.32 Å². The fourth-order valence-electron chi connectivity index (χ4n) is 1.15. The zero-order valence-corrected chi connectivity index (χ0v) is 13.3.